The zero-order valence-electron chi connectivity index (χ0n) is 9.93. The molecule has 94 valence electrons. The van der Waals surface area contributed by atoms with Gasteiger partial charge in [0.15, 0.2) is 0 Å². The number of fused-ring (bicyclic) bond motifs is 1. The van der Waals surface area contributed by atoms with Crippen LogP contribution in [0, 0.1) is 0 Å². The average Bonchev–Trinajstić information content (AvgIpc) is 2.37. The highest BCUT2D eigenvalue weighted by Gasteiger charge is 2.13. The molecule has 0 spiro atoms. The molecule has 0 saturated heterocycles. The van der Waals surface area contributed by atoms with Crippen LogP contribution in [0.2, 0.25) is 0 Å². The number of ether oxygens (including phenoxy) is 2. The third-order valence-electron chi connectivity index (χ3n) is 2.69. The molecule has 2 rings (SSSR count). The Morgan fingerprint density at radius 1 is 1.06 bits per heavy atom. The van der Waals surface area contributed by atoms with Crippen LogP contribution in [-0.4, -0.2) is 30.4 Å². The lowest BCUT2D eigenvalue weighted by molar-refractivity contribution is 0.0696. The van der Waals surface area contributed by atoms with E-state index in [-0.39, 0.29) is 11.3 Å². The Bertz CT molecular complexity index is 618. The molecular formula is C13H12O5. The van der Waals surface area contributed by atoms with E-state index >= 15 is 0 Å². The highest BCUT2D eigenvalue weighted by molar-refractivity contribution is 6.00. The van der Waals surface area contributed by atoms with Gasteiger partial charge < -0.3 is 19.7 Å². The smallest absolute Gasteiger partial charge is 0.335 e. The molecule has 0 heterocycles. The van der Waals surface area contributed by atoms with E-state index in [9.17, 15) is 9.90 Å². The van der Waals surface area contributed by atoms with Gasteiger partial charge in [-0.15, -0.1) is 0 Å². The highest BCUT2D eigenvalue weighted by Crippen LogP contribution is 2.36. The van der Waals surface area contributed by atoms with Crippen molar-refractivity contribution < 1.29 is 24.5 Å². The monoisotopic (exact) mass is 248 g/mol. The van der Waals surface area contributed by atoms with Crippen molar-refractivity contribution in [2.75, 3.05) is 14.2 Å². The fourth-order valence-electron chi connectivity index (χ4n) is 1.79. The van der Waals surface area contributed by atoms with Crippen LogP contribution in [-0.2, 0) is 0 Å². The second-order valence-corrected chi connectivity index (χ2v) is 3.73. The number of carboxylic acid groups (broad SMARTS) is 1. The number of aromatic hydroxyl groups is 1. The van der Waals surface area contributed by atoms with E-state index in [0.29, 0.717) is 22.3 Å². The summed E-state index contributed by atoms with van der Waals surface area (Å²) in [7, 11) is 2.97. The molecular weight excluding hydrogens is 236 g/mol. The average molecular weight is 248 g/mol. The first kappa shape index (κ1) is 12.0. The maximum atomic E-state index is 10.9. The summed E-state index contributed by atoms with van der Waals surface area (Å²) in [6.07, 6.45) is 0. The van der Waals surface area contributed by atoms with Crippen molar-refractivity contribution in [3.05, 3.63) is 29.8 Å². The van der Waals surface area contributed by atoms with Gasteiger partial charge in [-0.2, -0.15) is 0 Å². The number of benzene rings is 2. The molecule has 0 saturated carbocycles. The summed E-state index contributed by atoms with van der Waals surface area (Å²) in [5.74, 6) is -0.257. The van der Waals surface area contributed by atoms with E-state index in [1.54, 1.807) is 12.1 Å². The molecule has 0 aliphatic heterocycles. The number of hydrogen-bond donors (Lipinski definition) is 2. The summed E-state index contributed by atoms with van der Waals surface area (Å²) in [5, 5.41) is 19.8. The molecule has 0 radical (unpaired) electrons. The van der Waals surface area contributed by atoms with Gasteiger partial charge in [-0.3, -0.25) is 0 Å². The summed E-state index contributed by atoms with van der Waals surface area (Å²) in [6.45, 7) is 0. The molecule has 5 nitrogen and oxygen atoms in total. The summed E-state index contributed by atoms with van der Waals surface area (Å²) < 4.78 is 10.3. The Balaban J connectivity index is 2.82. The Labute approximate surface area is 103 Å². The number of methoxy groups -OCH3 is 2. The zero-order chi connectivity index (χ0) is 13.3. The van der Waals surface area contributed by atoms with Crippen LogP contribution in [0.1, 0.15) is 10.4 Å². The molecule has 2 N–H and O–H groups in total. The van der Waals surface area contributed by atoms with Crippen molar-refractivity contribution in [2.45, 2.75) is 0 Å². The van der Waals surface area contributed by atoms with Crippen molar-refractivity contribution in [1.29, 1.82) is 0 Å². The Kier molecular flexibility index (Phi) is 2.97. The summed E-state index contributed by atoms with van der Waals surface area (Å²) in [5.41, 5.74) is 0.00321. The summed E-state index contributed by atoms with van der Waals surface area (Å²) >= 11 is 0. The normalized spacial score (nSPS) is 10.3. The Hall–Kier alpha value is -2.43. The van der Waals surface area contributed by atoms with E-state index in [1.165, 1.54) is 26.4 Å². The maximum absolute atomic E-state index is 10.9. The van der Waals surface area contributed by atoms with Crippen LogP contribution in [0.3, 0.4) is 0 Å². The minimum Gasteiger partial charge on any atom is -0.507 e. The lowest BCUT2D eigenvalue weighted by atomic mass is 10.0. The van der Waals surface area contributed by atoms with Crippen molar-refractivity contribution in [3.8, 4) is 17.2 Å². The second kappa shape index (κ2) is 4.44. The Morgan fingerprint density at radius 3 is 2.33 bits per heavy atom. The Morgan fingerprint density at radius 2 is 1.78 bits per heavy atom. The summed E-state index contributed by atoms with van der Waals surface area (Å²) in [4.78, 5) is 10.9. The van der Waals surface area contributed by atoms with E-state index in [4.69, 9.17) is 14.6 Å². The van der Waals surface area contributed by atoms with Gasteiger partial charge in [0.25, 0.3) is 0 Å². The molecule has 0 atom stereocenters. The number of phenolic OH excluding ortho intramolecular Hbond substituents is 1. The number of phenols is 1. The second-order valence-electron chi connectivity index (χ2n) is 3.73. The topological polar surface area (TPSA) is 76.0 Å². The van der Waals surface area contributed by atoms with Crippen LogP contribution >= 0.6 is 0 Å². The predicted octanol–water partition coefficient (Wildman–Crippen LogP) is 2.26. The van der Waals surface area contributed by atoms with Gasteiger partial charge in [0.05, 0.1) is 19.8 Å². The lowest BCUT2D eigenvalue weighted by Crippen LogP contribution is -1.97. The minimum atomic E-state index is -1.11. The van der Waals surface area contributed by atoms with Gasteiger partial charge >= 0.3 is 5.97 Å². The van der Waals surface area contributed by atoms with Crippen molar-refractivity contribution in [3.63, 3.8) is 0 Å². The van der Waals surface area contributed by atoms with Crippen LogP contribution < -0.4 is 9.47 Å². The molecule has 0 aromatic heterocycles. The van der Waals surface area contributed by atoms with Gasteiger partial charge in [0, 0.05) is 16.8 Å². The van der Waals surface area contributed by atoms with Gasteiger partial charge in [0.2, 0.25) is 0 Å². The standard InChI is InChI=1S/C13H12O5/c1-17-8-5-9-10(12(6-8)18-2)3-7(13(15)16)4-11(9)14/h3-6,14H,1-2H3,(H,15,16). The van der Waals surface area contributed by atoms with Gasteiger partial charge in [-0.25, -0.2) is 4.79 Å². The van der Waals surface area contributed by atoms with Crippen LogP contribution in [0.5, 0.6) is 17.2 Å². The highest BCUT2D eigenvalue weighted by atomic mass is 16.5. The third-order valence-corrected chi connectivity index (χ3v) is 2.69. The fourth-order valence-corrected chi connectivity index (χ4v) is 1.79. The molecule has 0 bridgehead atoms. The number of carboxylic acids is 1. The van der Waals surface area contributed by atoms with E-state index in [0.717, 1.165) is 0 Å². The number of hydrogen-bond acceptors (Lipinski definition) is 4. The number of rotatable bonds is 3. The van der Waals surface area contributed by atoms with Crippen LogP contribution in [0.25, 0.3) is 10.8 Å². The minimum absolute atomic E-state index is 0.00321. The molecule has 2 aromatic rings. The number of carbonyl (C=O) groups is 1. The molecule has 0 unspecified atom stereocenters. The molecule has 5 heteroatoms. The first-order valence-electron chi connectivity index (χ1n) is 5.19. The first-order chi connectivity index (χ1) is 8.56. The fraction of sp³-hybridized carbons (Fsp3) is 0.154. The summed E-state index contributed by atoms with van der Waals surface area (Å²) in [6, 6.07) is 5.91. The molecule has 0 aliphatic rings. The molecule has 18 heavy (non-hydrogen) atoms. The van der Waals surface area contributed by atoms with Gasteiger partial charge in [-0.1, -0.05) is 0 Å². The third kappa shape index (κ3) is 1.90. The lowest BCUT2D eigenvalue weighted by Gasteiger charge is -2.10. The van der Waals surface area contributed by atoms with Crippen molar-refractivity contribution in [2.24, 2.45) is 0 Å². The van der Waals surface area contributed by atoms with Crippen LogP contribution in [0.15, 0.2) is 24.3 Å². The van der Waals surface area contributed by atoms with E-state index in [1.807, 2.05) is 0 Å². The van der Waals surface area contributed by atoms with Crippen LogP contribution in [0.4, 0.5) is 0 Å². The predicted molar refractivity (Wildman–Crippen MR) is 65.7 cm³/mol. The first-order valence-corrected chi connectivity index (χ1v) is 5.19. The van der Waals surface area contributed by atoms with E-state index in [2.05, 4.69) is 0 Å². The largest absolute Gasteiger partial charge is 0.507 e. The maximum Gasteiger partial charge on any atom is 0.335 e. The SMILES string of the molecule is COc1cc(OC)c2cc(C(=O)O)cc(O)c2c1. The van der Waals surface area contributed by atoms with Crippen molar-refractivity contribution >= 4 is 16.7 Å². The molecule has 0 aliphatic carbocycles. The van der Waals surface area contributed by atoms with Gasteiger partial charge in [-0.05, 0) is 18.2 Å². The van der Waals surface area contributed by atoms with Crippen molar-refractivity contribution in [1.82, 2.24) is 0 Å². The molecule has 2 aromatic carbocycles. The van der Waals surface area contributed by atoms with E-state index < -0.39 is 5.97 Å². The zero-order valence-corrected chi connectivity index (χ0v) is 9.93. The van der Waals surface area contributed by atoms with Gasteiger partial charge in [0.1, 0.15) is 17.2 Å². The number of aromatic carboxylic acids is 1. The molecule has 0 amide bonds. The quantitative estimate of drug-likeness (QED) is 0.871. The molecule has 0 fully saturated rings.